The number of hydrogen-bond donors (Lipinski definition) is 2. The Labute approximate surface area is 133 Å². The lowest BCUT2D eigenvalue weighted by molar-refractivity contribution is -0.119. The number of hydrogen-bond acceptors (Lipinski definition) is 3. The van der Waals surface area contributed by atoms with E-state index in [1.54, 1.807) is 11.8 Å². The van der Waals surface area contributed by atoms with Gasteiger partial charge in [0.05, 0.1) is 5.75 Å². The van der Waals surface area contributed by atoms with E-state index < -0.39 is 0 Å². The first-order valence-corrected chi connectivity index (χ1v) is 8.71. The van der Waals surface area contributed by atoms with Crippen molar-refractivity contribution in [3.8, 4) is 0 Å². The molecular formula is C17H28N2OS. The standard InChI is InChI=1S/C17H28N2OS/c1-5-14(4)19-17(20)12-21-16-8-6-7-15(9-16)11-18-10-13(2)3/h6-9,13-14,18H,5,10-12H2,1-4H3,(H,19,20). The van der Waals surface area contributed by atoms with Crippen molar-refractivity contribution in [1.82, 2.24) is 10.6 Å². The molecule has 0 saturated carbocycles. The van der Waals surface area contributed by atoms with Crippen LogP contribution in [0, 0.1) is 5.92 Å². The fourth-order valence-corrected chi connectivity index (χ4v) is 2.61. The quantitative estimate of drug-likeness (QED) is 0.687. The van der Waals surface area contributed by atoms with Crippen molar-refractivity contribution in [3.05, 3.63) is 29.8 Å². The van der Waals surface area contributed by atoms with Crippen molar-refractivity contribution in [3.63, 3.8) is 0 Å². The summed E-state index contributed by atoms with van der Waals surface area (Å²) < 4.78 is 0. The molecule has 0 spiro atoms. The Morgan fingerprint density at radius 3 is 2.71 bits per heavy atom. The van der Waals surface area contributed by atoms with E-state index in [9.17, 15) is 4.79 Å². The highest BCUT2D eigenvalue weighted by molar-refractivity contribution is 8.00. The molecule has 1 unspecified atom stereocenters. The van der Waals surface area contributed by atoms with E-state index in [1.165, 1.54) is 5.56 Å². The van der Waals surface area contributed by atoms with E-state index >= 15 is 0 Å². The predicted octanol–water partition coefficient (Wildman–Crippen LogP) is 3.44. The maximum atomic E-state index is 11.8. The third-order valence-electron chi connectivity index (χ3n) is 3.17. The molecular weight excluding hydrogens is 280 g/mol. The van der Waals surface area contributed by atoms with Crippen LogP contribution in [0.4, 0.5) is 0 Å². The second-order valence-electron chi connectivity index (χ2n) is 5.84. The summed E-state index contributed by atoms with van der Waals surface area (Å²) in [6.45, 7) is 10.4. The van der Waals surface area contributed by atoms with Gasteiger partial charge in [-0.25, -0.2) is 0 Å². The third-order valence-corrected chi connectivity index (χ3v) is 4.16. The summed E-state index contributed by atoms with van der Waals surface area (Å²) in [5.74, 6) is 1.25. The van der Waals surface area contributed by atoms with Crippen LogP contribution >= 0.6 is 11.8 Å². The van der Waals surface area contributed by atoms with Crippen molar-refractivity contribution < 1.29 is 4.79 Å². The highest BCUT2D eigenvalue weighted by atomic mass is 32.2. The van der Waals surface area contributed by atoms with Crippen LogP contribution in [0.25, 0.3) is 0 Å². The Kier molecular flexibility index (Phi) is 8.47. The second kappa shape index (κ2) is 9.85. The first-order chi connectivity index (χ1) is 10.0. The molecule has 21 heavy (non-hydrogen) atoms. The van der Waals surface area contributed by atoms with E-state index in [0.29, 0.717) is 11.7 Å². The lowest BCUT2D eigenvalue weighted by atomic mass is 10.2. The van der Waals surface area contributed by atoms with Gasteiger partial charge in [-0.15, -0.1) is 11.8 Å². The summed E-state index contributed by atoms with van der Waals surface area (Å²) in [5, 5.41) is 6.43. The topological polar surface area (TPSA) is 41.1 Å². The minimum Gasteiger partial charge on any atom is -0.353 e. The zero-order chi connectivity index (χ0) is 15.7. The lowest BCUT2D eigenvalue weighted by Gasteiger charge is -2.11. The number of thioether (sulfide) groups is 1. The molecule has 0 saturated heterocycles. The summed E-state index contributed by atoms with van der Waals surface area (Å²) in [6.07, 6.45) is 0.966. The largest absolute Gasteiger partial charge is 0.353 e. The summed E-state index contributed by atoms with van der Waals surface area (Å²) in [6, 6.07) is 8.66. The summed E-state index contributed by atoms with van der Waals surface area (Å²) in [7, 11) is 0. The second-order valence-corrected chi connectivity index (χ2v) is 6.89. The molecule has 0 aromatic heterocycles. The van der Waals surface area contributed by atoms with Crippen LogP contribution in [0.3, 0.4) is 0 Å². The maximum absolute atomic E-state index is 11.8. The Bertz CT molecular complexity index is 435. The molecule has 1 aromatic rings. The van der Waals surface area contributed by atoms with Gasteiger partial charge >= 0.3 is 0 Å². The zero-order valence-electron chi connectivity index (χ0n) is 13.6. The zero-order valence-corrected chi connectivity index (χ0v) is 14.4. The van der Waals surface area contributed by atoms with Gasteiger partial charge in [-0.2, -0.15) is 0 Å². The van der Waals surface area contributed by atoms with Gasteiger partial charge in [0.15, 0.2) is 0 Å². The Balaban J connectivity index is 2.40. The van der Waals surface area contributed by atoms with Crippen LogP contribution < -0.4 is 10.6 Å². The molecule has 4 heteroatoms. The molecule has 1 rings (SSSR count). The van der Waals surface area contributed by atoms with E-state index in [-0.39, 0.29) is 11.9 Å². The number of nitrogens with one attached hydrogen (secondary N) is 2. The smallest absolute Gasteiger partial charge is 0.230 e. The molecule has 1 amide bonds. The number of benzene rings is 1. The SMILES string of the molecule is CCC(C)NC(=O)CSc1cccc(CNCC(C)C)c1. The van der Waals surface area contributed by atoms with Crippen molar-refractivity contribution in [1.29, 1.82) is 0 Å². The third kappa shape index (κ3) is 8.12. The van der Waals surface area contributed by atoms with Gasteiger partial charge in [0.2, 0.25) is 5.91 Å². The molecule has 0 bridgehead atoms. The van der Waals surface area contributed by atoms with Crippen molar-refractivity contribution in [2.24, 2.45) is 5.92 Å². The number of carbonyl (C=O) groups excluding carboxylic acids is 1. The van der Waals surface area contributed by atoms with Gasteiger partial charge < -0.3 is 10.6 Å². The summed E-state index contributed by atoms with van der Waals surface area (Å²) in [5.41, 5.74) is 1.27. The maximum Gasteiger partial charge on any atom is 0.230 e. The van der Waals surface area contributed by atoms with Crippen LogP contribution in [0.1, 0.15) is 39.7 Å². The van der Waals surface area contributed by atoms with Gasteiger partial charge in [0.1, 0.15) is 0 Å². The van der Waals surface area contributed by atoms with Crippen LogP contribution in [0.5, 0.6) is 0 Å². The Morgan fingerprint density at radius 1 is 1.29 bits per heavy atom. The molecule has 0 aliphatic rings. The van der Waals surface area contributed by atoms with E-state index in [4.69, 9.17) is 0 Å². The van der Waals surface area contributed by atoms with Crippen LogP contribution in [-0.4, -0.2) is 24.2 Å². The average molecular weight is 308 g/mol. The highest BCUT2D eigenvalue weighted by Crippen LogP contribution is 2.19. The molecule has 0 aliphatic heterocycles. The molecule has 0 aliphatic carbocycles. The fraction of sp³-hybridized carbons (Fsp3) is 0.588. The van der Waals surface area contributed by atoms with Gasteiger partial charge in [0.25, 0.3) is 0 Å². The van der Waals surface area contributed by atoms with E-state index in [0.717, 1.165) is 24.4 Å². The lowest BCUT2D eigenvalue weighted by Crippen LogP contribution is -2.33. The van der Waals surface area contributed by atoms with Gasteiger partial charge in [-0.3, -0.25) is 4.79 Å². The molecule has 3 nitrogen and oxygen atoms in total. The number of carbonyl (C=O) groups is 1. The molecule has 0 radical (unpaired) electrons. The van der Waals surface area contributed by atoms with E-state index in [1.807, 2.05) is 6.92 Å². The van der Waals surface area contributed by atoms with E-state index in [2.05, 4.69) is 55.7 Å². The van der Waals surface area contributed by atoms with Crippen LogP contribution in [0.15, 0.2) is 29.2 Å². The molecule has 0 fully saturated rings. The molecule has 1 atom stereocenters. The first-order valence-electron chi connectivity index (χ1n) is 7.73. The minimum atomic E-state index is 0.109. The Hall–Kier alpha value is -1.00. The fourth-order valence-electron chi connectivity index (χ4n) is 1.82. The monoisotopic (exact) mass is 308 g/mol. The molecule has 118 valence electrons. The van der Waals surface area contributed by atoms with Crippen molar-refractivity contribution >= 4 is 17.7 Å². The predicted molar refractivity (Wildman–Crippen MR) is 91.6 cm³/mol. The molecule has 0 heterocycles. The van der Waals surface area contributed by atoms with Gasteiger partial charge in [-0.05, 0) is 43.5 Å². The molecule has 2 N–H and O–H groups in total. The van der Waals surface area contributed by atoms with Gasteiger partial charge in [-0.1, -0.05) is 32.9 Å². The normalized spacial score (nSPS) is 12.4. The van der Waals surface area contributed by atoms with Crippen LogP contribution in [0.2, 0.25) is 0 Å². The van der Waals surface area contributed by atoms with Crippen molar-refractivity contribution in [2.75, 3.05) is 12.3 Å². The minimum absolute atomic E-state index is 0.109. The number of amides is 1. The Morgan fingerprint density at radius 2 is 2.05 bits per heavy atom. The van der Waals surface area contributed by atoms with Gasteiger partial charge in [0, 0.05) is 17.5 Å². The van der Waals surface area contributed by atoms with Crippen LogP contribution in [-0.2, 0) is 11.3 Å². The number of rotatable bonds is 9. The first kappa shape index (κ1) is 18.1. The molecule has 1 aromatic carbocycles. The summed E-state index contributed by atoms with van der Waals surface area (Å²) in [4.78, 5) is 12.9. The van der Waals surface area contributed by atoms with Crippen molar-refractivity contribution in [2.45, 2.75) is 51.6 Å². The average Bonchev–Trinajstić information content (AvgIpc) is 2.45. The highest BCUT2D eigenvalue weighted by Gasteiger charge is 2.06. The summed E-state index contributed by atoms with van der Waals surface area (Å²) >= 11 is 1.60.